The van der Waals surface area contributed by atoms with Crippen molar-refractivity contribution in [1.82, 2.24) is 24.6 Å². The van der Waals surface area contributed by atoms with Crippen LogP contribution in [0.25, 0.3) is 0 Å². The van der Waals surface area contributed by atoms with E-state index >= 15 is 0 Å². The minimum atomic E-state index is -0.187. The van der Waals surface area contributed by atoms with Crippen LogP contribution >= 0.6 is 11.3 Å². The van der Waals surface area contributed by atoms with E-state index < -0.39 is 0 Å². The summed E-state index contributed by atoms with van der Waals surface area (Å²) in [5.74, 6) is -0.0402. The Labute approximate surface area is 137 Å². The third-order valence-electron chi connectivity index (χ3n) is 4.67. The first-order valence-electron chi connectivity index (χ1n) is 7.51. The molecule has 0 atom stereocenters. The molecule has 2 amide bonds. The second-order valence-corrected chi connectivity index (χ2v) is 7.31. The predicted octanol–water partition coefficient (Wildman–Crippen LogP) is 0.926. The number of thiazole rings is 1. The SMILES string of the molecule is Cc1nc(C(=O)N2CC3(CCN3C(=O)c3cnn(C)c3)C2)cs1. The van der Waals surface area contributed by atoms with Gasteiger partial charge in [0.25, 0.3) is 11.8 Å². The van der Waals surface area contributed by atoms with Gasteiger partial charge in [-0.1, -0.05) is 0 Å². The summed E-state index contributed by atoms with van der Waals surface area (Å²) in [6.07, 6.45) is 4.26. The van der Waals surface area contributed by atoms with E-state index in [0.717, 1.165) is 18.0 Å². The molecular formula is C15H17N5O2S. The van der Waals surface area contributed by atoms with Crippen molar-refractivity contribution >= 4 is 23.2 Å². The molecule has 120 valence electrons. The standard InChI is InChI=1S/C15H17N5O2S/c1-10-17-12(7-23-10)14(22)19-8-15(9-19)3-4-20(15)13(21)11-5-16-18(2)6-11/h5-7H,3-4,8-9H2,1-2H3. The van der Waals surface area contributed by atoms with Gasteiger partial charge in [-0.2, -0.15) is 5.10 Å². The van der Waals surface area contributed by atoms with Gasteiger partial charge in [-0.05, 0) is 13.3 Å². The van der Waals surface area contributed by atoms with Crippen molar-refractivity contribution in [3.63, 3.8) is 0 Å². The maximum Gasteiger partial charge on any atom is 0.273 e. The zero-order valence-corrected chi connectivity index (χ0v) is 13.8. The van der Waals surface area contributed by atoms with Gasteiger partial charge in [0.05, 0.1) is 22.3 Å². The number of carbonyl (C=O) groups excluding carboxylic acids is 2. The molecule has 2 aromatic rings. The molecule has 0 aliphatic carbocycles. The lowest BCUT2D eigenvalue weighted by atomic mass is 9.77. The van der Waals surface area contributed by atoms with Gasteiger partial charge in [0.15, 0.2) is 0 Å². The topological polar surface area (TPSA) is 71.3 Å². The zero-order chi connectivity index (χ0) is 16.2. The highest BCUT2D eigenvalue weighted by atomic mass is 32.1. The van der Waals surface area contributed by atoms with E-state index in [1.807, 2.05) is 11.8 Å². The fourth-order valence-corrected chi connectivity index (χ4v) is 3.89. The van der Waals surface area contributed by atoms with E-state index in [-0.39, 0.29) is 17.4 Å². The summed E-state index contributed by atoms with van der Waals surface area (Å²) < 4.78 is 1.63. The smallest absolute Gasteiger partial charge is 0.273 e. The highest BCUT2D eigenvalue weighted by Crippen LogP contribution is 2.40. The zero-order valence-electron chi connectivity index (χ0n) is 13.0. The molecule has 23 heavy (non-hydrogen) atoms. The van der Waals surface area contributed by atoms with E-state index in [2.05, 4.69) is 10.1 Å². The summed E-state index contributed by atoms with van der Waals surface area (Å²) in [5.41, 5.74) is 0.923. The second kappa shape index (κ2) is 4.89. The van der Waals surface area contributed by atoms with Gasteiger partial charge in [-0.25, -0.2) is 4.98 Å². The molecule has 2 aliphatic rings. The number of rotatable bonds is 2. The Bertz CT molecular complexity index is 789. The van der Waals surface area contributed by atoms with Crippen LogP contribution < -0.4 is 0 Å². The number of nitrogens with zero attached hydrogens (tertiary/aromatic N) is 5. The summed E-state index contributed by atoms with van der Waals surface area (Å²) in [5, 5.41) is 6.74. The molecule has 7 nitrogen and oxygen atoms in total. The number of hydrogen-bond acceptors (Lipinski definition) is 5. The van der Waals surface area contributed by atoms with Crippen molar-refractivity contribution in [1.29, 1.82) is 0 Å². The molecule has 4 heterocycles. The Balaban J connectivity index is 1.44. The predicted molar refractivity (Wildman–Crippen MR) is 84.3 cm³/mol. The average Bonchev–Trinajstić information content (AvgIpc) is 3.04. The van der Waals surface area contributed by atoms with Crippen LogP contribution in [0.4, 0.5) is 0 Å². The Kier molecular flexibility index (Phi) is 3.06. The molecule has 0 unspecified atom stereocenters. The number of likely N-dealkylation sites (tertiary alicyclic amines) is 2. The second-order valence-electron chi connectivity index (χ2n) is 6.25. The van der Waals surface area contributed by atoms with Gasteiger partial charge in [0, 0.05) is 38.3 Å². The number of hydrogen-bond donors (Lipinski definition) is 0. The highest BCUT2D eigenvalue weighted by molar-refractivity contribution is 7.09. The van der Waals surface area contributed by atoms with Crippen LogP contribution in [0, 0.1) is 6.92 Å². The van der Waals surface area contributed by atoms with Crippen LogP contribution in [-0.4, -0.2) is 61.6 Å². The van der Waals surface area contributed by atoms with Crippen LogP contribution in [0.5, 0.6) is 0 Å². The molecular weight excluding hydrogens is 314 g/mol. The van der Waals surface area contributed by atoms with Crippen molar-refractivity contribution in [3.05, 3.63) is 34.0 Å². The van der Waals surface area contributed by atoms with Crippen LogP contribution in [0.1, 0.15) is 32.3 Å². The lowest BCUT2D eigenvalue weighted by molar-refractivity contribution is -0.0849. The summed E-state index contributed by atoms with van der Waals surface area (Å²) in [6, 6.07) is 0. The van der Waals surface area contributed by atoms with Crippen molar-refractivity contribution < 1.29 is 9.59 Å². The molecule has 1 spiro atoms. The largest absolute Gasteiger partial charge is 0.332 e. The lowest BCUT2D eigenvalue weighted by Gasteiger charge is -2.62. The molecule has 2 fully saturated rings. The summed E-state index contributed by atoms with van der Waals surface area (Å²) >= 11 is 1.48. The molecule has 0 radical (unpaired) electrons. The van der Waals surface area contributed by atoms with Gasteiger partial charge in [-0.15, -0.1) is 11.3 Å². The number of aromatic nitrogens is 3. The average molecular weight is 331 g/mol. The molecule has 0 N–H and O–H groups in total. The Morgan fingerprint density at radius 1 is 1.30 bits per heavy atom. The maximum absolute atomic E-state index is 12.6. The molecule has 0 aromatic carbocycles. The summed E-state index contributed by atoms with van der Waals surface area (Å²) in [4.78, 5) is 32.8. The Hall–Kier alpha value is -2.22. The Morgan fingerprint density at radius 2 is 2.09 bits per heavy atom. The molecule has 0 bridgehead atoms. The molecule has 8 heteroatoms. The van der Waals surface area contributed by atoms with E-state index in [1.165, 1.54) is 11.3 Å². The highest BCUT2D eigenvalue weighted by Gasteiger charge is 2.56. The lowest BCUT2D eigenvalue weighted by Crippen LogP contribution is -2.78. The minimum Gasteiger partial charge on any atom is -0.332 e. The van der Waals surface area contributed by atoms with Crippen LogP contribution in [0.15, 0.2) is 17.8 Å². The van der Waals surface area contributed by atoms with Gasteiger partial charge < -0.3 is 9.80 Å². The molecule has 2 aliphatic heterocycles. The van der Waals surface area contributed by atoms with Crippen LogP contribution in [0.3, 0.4) is 0 Å². The van der Waals surface area contributed by atoms with Gasteiger partial charge in [-0.3, -0.25) is 14.3 Å². The molecule has 2 saturated heterocycles. The first-order valence-corrected chi connectivity index (χ1v) is 8.38. The normalized spacial score (nSPS) is 18.7. The van der Waals surface area contributed by atoms with Gasteiger partial charge >= 0.3 is 0 Å². The first kappa shape index (κ1) is 14.4. The summed E-state index contributed by atoms with van der Waals surface area (Å²) in [7, 11) is 1.79. The fraction of sp³-hybridized carbons (Fsp3) is 0.467. The monoisotopic (exact) mass is 331 g/mol. The molecule has 2 aromatic heterocycles. The Morgan fingerprint density at radius 3 is 2.61 bits per heavy atom. The van der Waals surface area contributed by atoms with E-state index in [0.29, 0.717) is 24.3 Å². The van der Waals surface area contributed by atoms with Crippen molar-refractivity contribution in [2.75, 3.05) is 19.6 Å². The maximum atomic E-state index is 12.6. The quantitative estimate of drug-likeness (QED) is 0.821. The van der Waals surface area contributed by atoms with E-state index in [1.54, 1.807) is 34.4 Å². The van der Waals surface area contributed by atoms with Crippen LogP contribution in [0.2, 0.25) is 0 Å². The van der Waals surface area contributed by atoms with Gasteiger partial charge in [0.2, 0.25) is 0 Å². The van der Waals surface area contributed by atoms with Crippen molar-refractivity contribution in [2.24, 2.45) is 7.05 Å². The molecule has 0 saturated carbocycles. The first-order chi connectivity index (χ1) is 11.0. The third kappa shape index (κ3) is 2.16. The van der Waals surface area contributed by atoms with Crippen molar-refractivity contribution in [2.45, 2.75) is 18.9 Å². The number of amides is 2. The third-order valence-corrected chi connectivity index (χ3v) is 5.44. The van der Waals surface area contributed by atoms with E-state index in [4.69, 9.17) is 0 Å². The van der Waals surface area contributed by atoms with E-state index in [9.17, 15) is 9.59 Å². The number of aryl methyl sites for hydroxylation is 2. The van der Waals surface area contributed by atoms with Crippen LogP contribution in [-0.2, 0) is 7.05 Å². The van der Waals surface area contributed by atoms with Crippen molar-refractivity contribution in [3.8, 4) is 0 Å². The summed E-state index contributed by atoms with van der Waals surface area (Å²) in [6.45, 7) is 3.81. The molecule has 4 rings (SSSR count). The fourth-order valence-electron chi connectivity index (χ4n) is 3.30. The number of carbonyl (C=O) groups is 2. The van der Waals surface area contributed by atoms with Gasteiger partial charge in [0.1, 0.15) is 5.69 Å². The minimum absolute atomic E-state index is 0.000881.